The topological polar surface area (TPSA) is 86.5 Å². The first-order valence-corrected chi connectivity index (χ1v) is 5.75. The monoisotopic (exact) mass is 261 g/mol. The van der Waals surface area contributed by atoms with E-state index in [2.05, 4.69) is 4.98 Å². The van der Waals surface area contributed by atoms with Crippen LogP contribution in [0.1, 0.15) is 0 Å². The molecule has 0 bridgehead atoms. The number of carbonyl (C=O) groups is 1. The highest BCUT2D eigenvalue weighted by Crippen LogP contribution is 2.19. The summed E-state index contributed by atoms with van der Waals surface area (Å²) in [5.74, 6) is 5.20. The fourth-order valence-corrected chi connectivity index (χ4v) is 1.69. The average molecular weight is 261 g/mol. The van der Waals surface area contributed by atoms with Crippen LogP contribution in [0.15, 0.2) is 36.5 Å². The third-order valence-electron chi connectivity index (χ3n) is 2.61. The number of aromatic nitrogens is 1. The number of fused-ring (bicyclic) bond motifs is 1. The van der Waals surface area contributed by atoms with E-state index in [1.165, 1.54) is 7.11 Å². The molecule has 0 aliphatic heterocycles. The summed E-state index contributed by atoms with van der Waals surface area (Å²) in [5.41, 5.74) is 2.84. The number of nitrogens with zero attached hydrogens (tertiary/aromatic N) is 1. The van der Waals surface area contributed by atoms with Gasteiger partial charge in [-0.05, 0) is 18.2 Å². The zero-order valence-electron chi connectivity index (χ0n) is 10.5. The first-order chi connectivity index (χ1) is 9.24. The maximum Gasteiger partial charge on any atom is 0.277 e. The number of pyridine rings is 1. The number of amides is 1. The van der Waals surface area contributed by atoms with E-state index in [1.54, 1.807) is 18.3 Å². The van der Waals surface area contributed by atoms with Gasteiger partial charge in [-0.15, -0.1) is 0 Å². The van der Waals surface area contributed by atoms with E-state index in [4.69, 9.17) is 15.3 Å². The van der Waals surface area contributed by atoms with Crippen LogP contribution in [-0.4, -0.2) is 30.7 Å². The SMILES string of the molecule is COCC(Oc1ccc2cccnc2c1)C(=O)NN. The third kappa shape index (κ3) is 3.18. The minimum atomic E-state index is -0.795. The van der Waals surface area contributed by atoms with Gasteiger partial charge in [0, 0.05) is 24.8 Å². The van der Waals surface area contributed by atoms with Crippen molar-refractivity contribution in [2.24, 2.45) is 5.84 Å². The van der Waals surface area contributed by atoms with Crippen LogP contribution in [0.5, 0.6) is 5.75 Å². The van der Waals surface area contributed by atoms with E-state index in [0.29, 0.717) is 5.75 Å². The molecule has 6 heteroatoms. The molecule has 0 spiro atoms. The second-order valence-corrected chi connectivity index (χ2v) is 3.93. The van der Waals surface area contributed by atoms with Gasteiger partial charge in [-0.3, -0.25) is 15.2 Å². The normalized spacial score (nSPS) is 12.1. The van der Waals surface area contributed by atoms with Crippen molar-refractivity contribution in [3.63, 3.8) is 0 Å². The second-order valence-electron chi connectivity index (χ2n) is 3.93. The van der Waals surface area contributed by atoms with Gasteiger partial charge in [-0.25, -0.2) is 5.84 Å². The molecule has 0 saturated heterocycles. The Morgan fingerprint density at radius 1 is 1.47 bits per heavy atom. The first kappa shape index (κ1) is 13.3. The highest BCUT2D eigenvalue weighted by molar-refractivity contribution is 5.82. The van der Waals surface area contributed by atoms with Crippen LogP contribution < -0.4 is 16.0 Å². The molecule has 0 radical (unpaired) electrons. The second kappa shape index (κ2) is 6.12. The van der Waals surface area contributed by atoms with Crippen molar-refractivity contribution >= 4 is 16.8 Å². The molecule has 0 aliphatic carbocycles. The number of hydrazine groups is 1. The fourth-order valence-electron chi connectivity index (χ4n) is 1.69. The molecule has 2 aromatic rings. The van der Waals surface area contributed by atoms with Crippen LogP contribution in [0.25, 0.3) is 10.9 Å². The quantitative estimate of drug-likeness (QED) is 0.468. The first-order valence-electron chi connectivity index (χ1n) is 5.75. The van der Waals surface area contributed by atoms with E-state index in [0.717, 1.165) is 10.9 Å². The zero-order chi connectivity index (χ0) is 13.7. The number of rotatable bonds is 5. The van der Waals surface area contributed by atoms with Crippen molar-refractivity contribution in [2.75, 3.05) is 13.7 Å². The Balaban J connectivity index is 2.21. The summed E-state index contributed by atoms with van der Waals surface area (Å²) in [4.78, 5) is 15.7. The van der Waals surface area contributed by atoms with Crippen molar-refractivity contribution < 1.29 is 14.3 Å². The molecule has 1 amide bonds. The standard InChI is InChI=1S/C13H15N3O3/c1-18-8-12(13(17)16-14)19-10-5-4-9-3-2-6-15-11(9)7-10/h2-7,12H,8,14H2,1H3,(H,16,17). The minimum absolute atomic E-state index is 0.114. The van der Waals surface area contributed by atoms with Crippen molar-refractivity contribution in [3.05, 3.63) is 36.5 Å². The summed E-state index contributed by atoms with van der Waals surface area (Å²) >= 11 is 0. The lowest BCUT2D eigenvalue weighted by Gasteiger charge is -2.16. The fraction of sp³-hybridized carbons (Fsp3) is 0.231. The Bertz CT molecular complexity index is 574. The zero-order valence-corrected chi connectivity index (χ0v) is 10.5. The molecule has 0 saturated carbocycles. The van der Waals surface area contributed by atoms with E-state index in [1.807, 2.05) is 23.6 Å². The number of ether oxygens (including phenoxy) is 2. The molecule has 1 aromatic heterocycles. The molecule has 19 heavy (non-hydrogen) atoms. The van der Waals surface area contributed by atoms with Gasteiger partial charge in [0.25, 0.3) is 5.91 Å². The molecule has 0 fully saturated rings. The summed E-state index contributed by atoms with van der Waals surface area (Å²) in [6, 6.07) is 9.23. The summed E-state index contributed by atoms with van der Waals surface area (Å²) < 4.78 is 10.5. The van der Waals surface area contributed by atoms with Gasteiger partial charge in [-0.1, -0.05) is 6.07 Å². The molecule has 1 heterocycles. The van der Waals surface area contributed by atoms with Gasteiger partial charge in [0.05, 0.1) is 12.1 Å². The molecule has 2 rings (SSSR count). The van der Waals surface area contributed by atoms with Gasteiger partial charge < -0.3 is 9.47 Å². The van der Waals surface area contributed by atoms with E-state index < -0.39 is 12.0 Å². The summed E-state index contributed by atoms with van der Waals surface area (Å²) in [7, 11) is 1.49. The van der Waals surface area contributed by atoms with Crippen LogP contribution in [0.4, 0.5) is 0 Å². The van der Waals surface area contributed by atoms with Gasteiger partial charge >= 0.3 is 0 Å². The molecule has 3 N–H and O–H groups in total. The molecule has 100 valence electrons. The van der Waals surface area contributed by atoms with E-state index in [9.17, 15) is 4.79 Å². The van der Waals surface area contributed by atoms with Gasteiger partial charge in [0.1, 0.15) is 5.75 Å². The molecular formula is C13H15N3O3. The largest absolute Gasteiger partial charge is 0.478 e. The number of carbonyl (C=O) groups excluding carboxylic acids is 1. The Kier molecular flexibility index (Phi) is 4.27. The lowest BCUT2D eigenvalue weighted by Crippen LogP contribution is -2.44. The van der Waals surface area contributed by atoms with Gasteiger partial charge in [0.15, 0.2) is 0 Å². The Hall–Kier alpha value is -2.18. The van der Waals surface area contributed by atoms with E-state index in [-0.39, 0.29) is 6.61 Å². The number of benzene rings is 1. The molecular weight excluding hydrogens is 246 g/mol. The van der Waals surface area contributed by atoms with Crippen molar-refractivity contribution in [2.45, 2.75) is 6.10 Å². The molecule has 6 nitrogen and oxygen atoms in total. The summed E-state index contributed by atoms with van der Waals surface area (Å²) in [5, 5.41) is 1.00. The number of nitrogens with two attached hydrogens (primary N) is 1. The Morgan fingerprint density at radius 3 is 3.05 bits per heavy atom. The van der Waals surface area contributed by atoms with Crippen molar-refractivity contribution in [1.82, 2.24) is 10.4 Å². The van der Waals surface area contributed by atoms with Crippen LogP contribution in [0, 0.1) is 0 Å². The minimum Gasteiger partial charge on any atom is -0.478 e. The number of nitrogens with one attached hydrogen (secondary N) is 1. The van der Waals surface area contributed by atoms with Gasteiger partial charge in [0.2, 0.25) is 6.10 Å². The number of hydrogen-bond donors (Lipinski definition) is 2. The highest BCUT2D eigenvalue weighted by Gasteiger charge is 2.19. The maximum atomic E-state index is 11.5. The van der Waals surface area contributed by atoms with Crippen LogP contribution >= 0.6 is 0 Å². The van der Waals surface area contributed by atoms with Crippen LogP contribution in [0.3, 0.4) is 0 Å². The van der Waals surface area contributed by atoms with E-state index >= 15 is 0 Å². The molecule has 1 unspecified atom stereocenters. The predicted molar refractivity (Wildman–Crippen MR) is 70.4 cm³/mol. The lowest BCUT2D eigenvalue weighted by atomic mass is 10.2. The summed E-state index contributed by atoms with van der Waals surface area (Å²) in [6.07, 6.45) is 0.905. The highest BCUT2D eigenvalue weighted by atomic mass is 16.5. The van der Waals surface area contributed by atoms with Crippen LogP contribution in [0.2, 0.25) is 0 Å². The Labute approximate surface area is 110 Å². The predicted octanol–water partition coefficient (Wildman–Crippen LogP) is 0.619. The maximum absolute atomic E-state index is 11.5. The Morgan fingerprint density at radius 2 is 2.32 bits per heavy atom. The molecule has 0 aliphatic rings. The number of methoxy groups -OCH3 is 1. The summed E-state index contributed by atoms with van der Waals surface area (Å²) in [6.45, 7) is 0.114. The van der Waals surface area contributed by atoms with Crippen LogP contribution in [-0.2, 0) is 9.53 Å². The number of hydrogen-bond acceptors (Lipinski definition) is 5. The average Bonchev–Trinajstić information content (AvgIpc) is 2.46. The smallest absolute Gasteiger partial charge is 0.277 e. The molecule has 1 atom stereocenters. The van der Waals surface area contributed by atoms with Gasteiger partial charge in [-0.2, -0.15) is 0 Å². The third-order valence-corrected chi connectivity index (χ3v) is 2.61. The molecule has 1 aromatic carbocycles. The van der Waals surface area contributed by atoms with Crippen molar-refractivity contribution in [3.8, 4) is 5.75 Å². The van der Waals surface area contributed by atoms with Crippen molar-refractivity contribution in [1.29, 1.82) is 0 Å². The lowest BCUT2D eigenvalue weighted by molar-refractivity contribution is -0.130.